The van der Waals surface area contributed by atoms with Crippen LogP contribution in [-0.2, 0) is 4.74 Å². The molecule has 0 amide bonds. The first-order chi connectivity index (χ1) is 5.41. The quantitative estimate of drug-likeness (QED) is 0.350. The van der Waals surface area contributed by atoms with Gasteiger partial charge in [-0.05, 0) is 18.9 Å². The number of hydrogen-bond donors (Lipinski definition) is 1. The van der Waals surface area contributed by atoms with E-state index in [-0.39, 0.29) is 6.79 Å². The van der Waals surface area contributed by atoms with E-state index in [2.05, 4.69) is 11.7 Å². The molecule has 1 N–H and O–H groups in total. The fourth-order valence-electron chi connectivity index (χ4n) is 0.868. The van der Waals surface area contributed by atoms with E-state index in [1.54, 1.807) is 6.26 Å². The Morgan fingerprint density at radius 2 is 2.09 bits per heavy atom. The summed E-state index contributed by atoms with van der Waals surface area (Å²) in [6.07, 6.45) is 9.67. The summed E-state index contributed by atoms with van der Waals surface area (Å²) < 4.78 is 4.62. The summed E-state index contributed by atoms with van der Waals surface area (Å²) in [6, 6.07) is 0. The van der Waals surface area contributed by atoms with Crippen molar-refractivity contribution < 1.29 is 9.84 Å². The van der Waals surface area contributed by atoms with Gasteiger partial charge in [0.15, 0.2) is 6.79 Å². The van der Waals surface area contributed by atoms with Crippen molar-refractivity contribution in [3.8, 4) is 0 Å². The summed E-state index contributed by atoms with van der Waals surface area (Å²) in [5.74, 6) is 0. The van der Waals surface area contributed by atoms with Crippen LogP contribution in [0.5, 0.6) is 0 Å². The van der Waals surface area contributed by atoms with E-state index in [0.29, 0.717) is 0 Å². The minimum Gasteiger partial charge on any atom is -0.476 e. The topological polar surface area (TPSA) is 29.5 Å². The van der Waals surface area contributed by atoms with Crippen LogP contribution in [0.1, 0.15) is 39.0 Å². The second-order valence-electron chi connectivity index (χ2n) is 2.52. The first-order valence-corrected chi connectivity index (χ1v) is 4.29. The Morgan fingerprint density at radius 1 is 1.27 bits per heavy atom. The molecule has 11 heavy (non-hydrogen) atoms. The molecule has 0 spiro atoms. The van der Waals surface area contributed by atoms with E-state index in [9.17, 15) is 0 Å². The molecule has 0 fully saturated rings. The Balaban J connectivity index is 2.89. The largest absolute Gasteiger partial charge is 0.476 e. The summed E-state index contributed by atoms with van der Waals surface area (Å²) >= 11 is 0. The molecule has 0 unspecified atom stereocenters. The second-order valence-corrected chi connectivity index (χ2v) is 2.52. The van der Waals surface area contributed by atoms with E-state index in [0.717, 1.165) is 6.42 Å². The van der Waals surface area contributed by atoms with Gasteiger partial charge in [-0.15, -0.1) is 0 Å². The summed E-state index contributed by atoms with van der Waals surface area (Å²) in [7, 11) is 0. The van der Waals surface area contributed by atoms with Crippen LogP contribution in [0.15, 0.2) is 12.3 Å². The van der Waals surface area contributed by atoms with Crippen LogP contribution in [0.3, 0.4) is 0 Å². The average molecular weight is 158 g/mol. The highest BCUT2D eigenvalue weighted by molar-refractivity contribution is 4.72. The molecule has 0 aromatic heterocycles. The number of aliphatic hydroxyl groups excluding tert-OH is 1. The Kier molecular flexibility index (Phi) is 9.07. The zero-order chi connectivity index (χ0) is 8.36. The summed E-state index contributed by atoms with van der Waals surface area (Å²) in [4.78, 5) is 0. The maximum atomic E-state index is 8.23. The molecule has 2 heteroatoms. The van der Waals surface area contributed by atoms with Crippen LogP contribution < -0.4 is 0 Å². The Bertz CT molecular complexity index is 89.6. The third-order valence-electron chi connectivity index (χ3n) is 1.49. The van der Waals surface area contributed by atoms with Crippen molar-refractivity contribution in [2.24, 2.45) is 0 Å². The monoisotopic (exact) mass is 158 g/mol. The lowest BCUT2D eigenvalue weighted by atomic mass is 10.2. The van der Waals surface area contributed by atoms with Gasteiger partial charge in [0.1, 0.15) is 0 Å². The Hall–Kier alpha value is -0.500. The first-order valence-electron chi connectivity index (χ1n) is 4.29. The van der Waals surface area contributed by atoms with E-state index in [1.807, 2.05) is 6.08 Å². The fraction of sp³-hybridized carbons (Fsp3) is 0.778. The van der Waals surface area contributed by atoms with Gasteiger partial charge in [-0.2, -0.15) is 0 Å². The molecule has 0 aliphatic rings. The molecule has 66 valence electrons. The van der Waals surface area contributed by atoms with Crippen molar-refractivity contribution in [2.45, 2.75) is 39.0 Å². The lowest BCUT2D eigenvalue weighted by molar-refractivity contribution is 0.0598. The Labute approximate surface area is 68.9 Å². The van der Waals surface area contributed by atoms with Crippen molar-refractivity contribution in [3.63, 3.8) is 0 Å². The summed E-state index contributed by atoms with van der Waals surface area (Å²) in [5, 5.41) is 8.23. The maximum absolute atomic E-state index is 8.23. The minimum absolute atomic E-state index is 0.217. The lowest BCUT2D eigenvalue weighted by Crippen LogP contribution is -1.81. The van der Waals surface area contributed by atoms with Crippen LogP contribution in [0.25, 0.3) is 0 Å². The zero-order valence-electron chi connectivity index (χ0n) is 7.25. The van der Waals surface area contributed by atoms with Gasteiger partial charge in [0, 0.05) is 0 Å². The van der Waals surface area contributed by atoms with E-state index in [1.165, 1.54) is 25.7 Å². The van der Waals surface area contributed by atoms with Gasteiger partial charge in [-0.3, -0.25) is 0 Å². The molecule has 0 aliphatic carbocycles. The zero-order valence-corrected chi connectivity index (χ0v) is 7.25. The van der Waals surface area contributed by atoms with Crippen LogP contribution in [-0.4, -0.2) is 11.9 Å². The third-order valence-corrected chi connectivity index (χ3v) is 1.49. The molecule has 0 radical (unpaired) electrons. The van der Waals surface area contributed by atoms with E-state index in [4.69, 9.17) is 5.11 Å². The summed E-state index contributed by atoms with van der Waals surface area (Å²) in [5.41, 5.74) is 0. The van der Waals surface area contributed by atoms with Gasteiger partial charge >= 0.3 is 0 Å². The van der Waals surface area contributed by atoms with Crippen LogP contribution in [0.2, 0.25) is 0 Å². The number of ether oxygens (including phenoxy) is 1. The Morgan fingerprint density at radius 3 is 2.73 bits per heavy atom. The molecule has 0 atom stereocenters. The number of rotatable bonds is 7. The van der Waals surface area contributed by atoms with Gasteiger partial charge in [0.05, 0.1) is 6.26 Å². The number of allylic oxidation sites excluding steroid dienone is 1. The fourth-order valence-corrected chi connectivity index (χ4v) is 0.868. The average Bonchev–Trinajstić information content (AvgIpc) is 2.03. The third kappa shape index (κ3) is 9.50. The van der Waals surface area contributed by atoms with Gasteiger partial charge < -0.3 is 9.84 Å². The maximum Gasteiger partial charge on any atom is 0.185 e. The van der Waals surface area contributed by atoms with Gasteiger partial charge in [0.2, 0.25) is 0 Å². The van der Waals surface area contributed by atoms with Crippen molar-refractivity contribution >= 4 is 0 Å². The molecule has 0 aliphatic heterocycles. The van der Waals surface area contributed by atoms with Gasteiger partial charge in [-0.1, -0.05) is 26.2 Å². The highest BCUT2D eigenvalue weighted by Gasteiger charge is 1.83. The van der Waals surface area contributed by atoms with Crippen LogP contribution >= 0.6 is 0 Å². The van der Waals surface area contributed by atoms with E-state index >= 15 is 0 Å². The minimum atomic E-state index is -0.217. The van der Waals surface area contributed by atoms with Crippen molar-refractivity contribution in [3.05, 3.63) is 12.3 Å². The van der Waals surface area contributed by atoms with E-state index < -0.39 is 0 Å². The standard InChI is InChI=1S/C9H18O2/c1-2-3-4-5-6-7-8-11-9-10/h7-8,10H,2-6,9H2,1H3. The van der Waals surface area contributed by atoms with Gasteiger partial charge in [0.25, 0.3) is 0 Å². The first kappa shape index (κ1) is 10.5. The predicted molar refractivity (Wildman–Crippen MR) is 46.1 cm³/mol. The van der Waals surface area contributed by atoms with Crippen LogP contribution in [0.4, 0.5) is 0 Å². The molecular formula is C9H18O2. The summed E-state index contributed by atoms with van der Waals surface area (Å²) in [6.45, 7) is 1.98. The number of hydrogen-bond acceptors (Lipinski definition) is 2. The smallest absolute Gasteiger partial charge is 0.185 e. The number of aliphatic hydroxyl groups is 1. The molecule has 0 aromatic carbocycles. The molecule has 0 saturated heterocycles. The van der Waals surface area contributed by atoms with Crippen molar-refractivity contribution in [2.75, 3.05) is 6.79 Å². The molecule has 0 aromatic rings. The van der Waals surface area contributed by atoms with Crippen molar-refractivity contribution in [1.82, 2.24) is 0 Å². The predicted octanol–water partition coefficient (Wildman–Crippen LogP) is 2.44. The highest BCUT2D eigenvalue weighted by atomic mass is 16.6. The molecule has 0 bridgehead atoms. The normalized spacial score (nSPS) is 10.7. The number of unbranched alkanes of at least 4 members (excludes halogenated alkanes) is 4. The molecule has 0 heterocycles. The van der Waals surface area contributed by atoms with Gasteiger partial charge in [-0.25, -0.2) is 0 Å². The van der Waals surface area contributed by atoms with Crippen molar-refractivity contribution in [1.29, 1.82) is 0 Å². The highest BCUT2D eigenvalue weighted by Crippen LogP contribution is 2.02. The van der Waals surface area contributed by atoms with Crippen LogP contribution in [0, 0.1) is 0 Å². The molecule has 0 saturated carbocycles. The molecular weight excluding hydrogens is 140 g/mol. The lowest BCUT2D eigenvalue weighted by Gasteiger charge is -1.94. The molecule has 0 rings (SSSR count). The molecule has 2 nitrogen and oxygen atoms in total. The SMILES string of the molecule is CCCCCCC=COCO. The second kappa shape index (κ2) is 9.50.